The van der Waals surface area contributed by atoms with Crippen LogP contribution < -0.4 is 11.1 Å². The number of carbonyl (C=O) groups excluding carboxylic acids is 1. The van der Waals surface area contributed by atoms with Crippen molar-refractivity contribution in [3.63, 3.8) is 0 Å². The summed E-state index contributed by atoms with van der Waals surface area (Å²) >= 11 is 0. The quantitative estimate of drug-likeness (QED) is 0.435. The average molecular weight is 187 g/mol. The molecule has 0 rings (SSSR count). The van der Waals surface area contributed by atoms with Crippen molar-refractivity contribution in [1.29, 1.82) is 0 Å². The first-order chi connectivity index (χ1) is 6.20. The third kappa shape index (κ3) is 7.42. The smallest absolute Gasteiger partial charge is 0.317 e. The van der Waals surface area contributed by atoms with Crippen LogP contribution in [-0.2, 0) is 9.59 Å². The third-order valence-electron chi connectivity index (χ3n) is 1.59. The van der Waals surface area contributed by atoms with Crippen LogP contribution in [0.2, 0.25) is 0 Å². The first-order valence-corrected chi connectivity index (χ1v) is 4.23. The lowest BCUT2D eigenvalue weighted by atomic mass is 10.1. The van der Waals surface area contributed by atoms with Crippen LogP contribution >= 0.6 is 0 Å². The van der Waals surface area contributed by atoms with Gasteiger partial charge in [-0.25, -0.2) is 0 Å². The van der Waals surface area contributed by atoms with Gasteiger partial charge in [0.1, 0.15) is 0 Å². The van der Waals surface area contributed by atoms with Gasteiger partial charge in [0, 0.05) is 0 Å². The molecule has 0 aromatic carbocycles. The van der Waals surface area contributed by atoms with Crippen LogP contribution in [-0.4, -0.2) is 36.5 Å². The zero-order valence-corrected chi connectivity index (χ0v) is 7.45. The highest BCUT2D eigenvalue weighted by Crippen LogP contribution is 1.97. The van der Waals surface area contributed by atoms with Crippen molar-refractivity contribution in [2.45, 2.75) is 25.3 Å². The molecule has 0 amide bonds. The number of carboxylic acids is 1. The summed E-state index contributed by atoms with van der Waals surface area (Å²) in [6, 6.07) is -0.484. The molecule has 0 spiro atoms. The van der Waals surface area contributed by atoms with E-state index in [1.165, 1.54) is 0 Å². The summed E-state index contributed by atoms with van der Waals surface area (Å²) in [5.41, 5.74) is 5.27. The topological polar surface area (TPSA) is 92.4 Å². The fraction of sp³-hybridized carbons (Fsp3) is 0.750. The standard InChI is InChI=1S/C8H15N2O3/c9-4-2-1-3-7(6-11)10-5-8(12)13/h7,10H,1-5,9H2,(H,12,13). The lowest BCUT2D eigenvalue weighted by Gasteiger charge is -2.08. The van der Waals surface area contributed by atoms with Gasteiger partial charge in [0.15, 0.2) is 0 Å². The van der Waals surface area contributed by atoms with Gasteiger partial charge in [-0.05, 0) is 19.4 Å². The number of hydrogen-bond donors (Lipinski definition) is 3. The van der Waals surface area contributed by atoms with E-state index in [1.54, 1.807) is 6.29 Å². The Morgan fingerprint density at radius 3 is 2.69 bits per heavy atom. The van der Waals surface area contributed by atoms with Gasteiger partial charge in [-0.2, -0.15) is 0 Å². The molecule has 4 N–H and O–H groups in total. The largest absolute Gasteiger partial charge is 0.480 e. The van der Waals surface area contributed by atoms with Gasteiger partial charge in [-0.3, -0.25) is 14.9 Å². The zero-order chi connectivity index (χ0) is 10.1. The first-order valence-electron chi connectivity index (χ1n) is 4.23. The van der Waals surface area contributed by atoms with E-state index < -0.39 is 12.0 Å². The summed E-state index contributed by atoms with van der Waals surface area (Å²) in [4.78, 5) is 20.4. The number of hydrogen-bond acceptors (Lipinski definition) is 4. The summed E-state index contributed by atoms with van der Waals surface area (Å²) in [6.07, 6.45) is 3.99. The number of rotatable bonds is 8. The van der Waals surface area contributed by atoms with Crippen LogP contribution in [0, 0.1) is 0 Å². The molecule has 0 saturated carbocycles. The molecule has 1 atom stereocenters. The zero-order valence-electron chi connectivity index (χ0n) is 7.45. The second-order valence-corrected chi connectivity index (χ2v) is 2.73. The normalized spacial score (nSPS) is 12.4. The van der Waals surface area contributed by atoms with Crippen LogP contribution in [0.25, 0.3) is 0 Å². The van der Waals surface area contributed by atoms with Crippen LogP contribution in [0.5, 0.6) is 0 Å². The minimum atomic E-state index is -0.973. The second-order valence-electron chi connectivity index (χ2n) is 2.73. The molecule has 1 unspecified atom stereocenters. The maximum atomic E-state index is 10.3. The van der Waals surface area contributed by atoms with Gasteiger partial charge in [0.05, 0.1) is 12.6 Å². The maximum absolute atomic E-state index is 10.3. The first kappa shape index (κ1) is 12.1. The van der Waals surface area contributed by atoms with Crippen LogP contribution in [0.15, 0.2) is 0 Å². The molecule has 1 radical (unpaired) electrons. The van der Waals surface area contributed by atoms with Gasteiger partial charge in [0.25, 0.3) is 0 Å². The fourth-order valence-corrected chi connectivity index (χ4v) is 0.906. The lowest BCUT2D eigenvalue weighted by Crippen LogP contribution is -2.34. The van der Waals surface area contributed by atoms with E-state index in [0.717, 1.165) is 12.8 Å². The Bertz CT molecular complexity index is 161. The van der Waals surface area contributed by atoms with Gasteiger partial charge in [0.2, 0.25) is 6.29 Å². The minimum absolute atomic E-state index is 0.206. The Labute approximate surface area is 77.3 Å². The van der Waals surface area contributed by atoms with Gasteiger partial charge in [-0.1, -0.05) is 6.42 Å². The number of carbonyl (C=O) groups is 1. The molecule has 0 aromatic rings. The number of nitrogens with one attached hydrogen (secondary N) is 1. The summed E-state index contributed by atoms with van der Waals surface area (Å²) < 4.78 is 0. The monoisotopic (exact) mass is 187 g/mol. The van der Waals surface area contributed by atoms with Crippen molar-refractivity contribution in [3.8, 4) is 0 Å². The van der Waals surface area contributed by atoms with Gasteiger partial charge in [-0.15, -0.1) is 0 Å². The predicted molar refractivity (Wildman–Crippen MR) is 48.0 cm³/mol. The SMILES string of the molecule is NCCCCC([C]=O)NCC(=O)O. The minimum Gasteiger partial charge on any atom is -0.480 e. The number of nitrogens with two attached hydrogens (primary N) is 1. The van der Waals surface area contributed by atoms with Crippen molar-refractivity contribution in [2.75, 3.05) is 13.1 Å². The van der Waals surface area contributed by atoms with Gasteiger partial charge >= 0.3 is 5.97 Å². The Kier molecular flexibility index (Phi) is 7.14. The molecule has 0 heterocycles. The molecule has 5 nitrogen and oxygen atoms in total. The van der Waals surface area contributed by atoms with Crippen molar-refractivity contribution < 1.29 is 14.7 Å². The highest BCUT2D eigenvalue weighted by atomic mass is 16.4. The molecule has 0 aliphatic heterocycles. The van der Waals surface area contributed by atoms with Crippen molar-refractivity contribution in [2.24, 2.45) is 5.73 Å². The predicted octanol–water partition coefficient (Wildman–Crippen LogP) is -0.732. The number of aliphatic carboxylic acids is 1. The molecular weight excluding hydrogens is 172 g/mol. The fourth-order valence-electron chi connectivity index (χ4n) is 0.906. The van der Waals surface area contributed by atoms with E-state index in [1.807, 2.05) is 0 Å². The van der Waals surface area contributed by atoms with E-state index in [2.05, 4.69) is 5.32 Å². The van der Waals surface area contributed by atoms with E-state index in [0.29, 0.717) is 13.0 Å². The van der Waals surface area contributed by atoms with E-state index in [-0.39, 0.29) is 6.54 Å². The third-order valence-corrected chi connectivity index (χ3v) is 1.59. The molecular formula is C8H15N2O3. The van der Waals surface area contributed by atoms with E-state index in [4.69, 9.17) is 10.8 Å². The molecule has 0 aromatic heterocycles. The molecule has 0 fully saturated rings. The molecule has 75 valence electrons. The molecule has 5 heteroatoms. The highest BCUT2D eigenvalue weighted by Gasteiger charge is 2.08. The Morgan fingerprint density at radius 2 is 2.23 bits per heavy atom. The number of carboxylic acid groups (broad SMARTS) is 1. The van der Waals surface area contributed by atoms with Crippen LogP contribution in [0.4, 0.5) is 0 Å². The number of unbranched alkanes of at least 4 members (excludes halogenated alkanes) is 1. The highest BCUT2D eigenvalue weighted by molar-refractivity contribution is 5.70. The van der Waals surface area contributed by atoms with Crippen LogP contribution in [0.1, 0.15) is 19.3 Å². The summed E-state index contributed by atoms with van der Waals surface area (Å²) in [5, 5.41) is 10.9. The Morgan fingerprint density at radius 1 is 1.54 bits per heavy atom. The van der Waals surface area contributed by atoms with Crippen molar-refractivity contribution >= 4 is 12.3 Å². The van der Waals surface area contributed by atoms with Gasteiger partial charge < -0.3 is 10.8 Å². The van der Waals surface area contributed by atoms with Crippen molar-refractivity contribution in [3.05, 3.63) is 0 Å². The maximum Gasteiger partial charge on any atom is 0.317 e. The van der Waals surface area contributed by atoms with Crippen molar-refractivity contribution in [1.82, 2.24) is 5.32 Å². The molecule has 0 aliphatic carbocycles. The lowest BCUT2D eigenvalue weighted by molar-refractivity contribution is -0.136. The molecule has 13 heavy (non-hydrogen) atoms. The molecule has 0 bridgehead atoms. The average Bonchev–Trinajstić information content (AvgIpc) is 2.10. The second kappa shape index (κ2) is 7.70. The van der Waals surface area contributed by atoms with E-state index in [9.17, 15) is 9.59 Å². The summed E-state index contributed by atoms with van der Waals surface area (Å²) in [5.74, 6) is -0.973. The Balaban J connectivity index is 3.51. The molecule has 0 aliphatic rings. The summed E-state index contributed by atoms with van der Waals surface area (Å²) in [6.45, 7) is 0.382. The van der Waals surface area contributed by atoms with E-state index >= 15 is 0 Å². The molecule has 0 saturated heterocycles. The summed E-state index contributed by atoms with van der Waals surface area (Å²) in [7, 11) is 0. The Hall–Kier alpha value is -0.940. The van der Waals surface area contributed by atoms with Crippen LogP contribution in [0.3, 0.4) is 0 Å².